The lowest BCUT2D eigenvalue weighted by atomic mass is 10.1. The van der Waals surface area contributed by atoms with Gasteiger partial charge in [0.2, 0.25) is 0 Å². The van der Waals surface area contributed by atoms with Gasteiger partial charge >= 0.3 is 12.1 Å². The minimum absolute atomic E-state index is 0.0474. The first kappa shape index (κ1) is 18.0. The lowest BCUT2D eigenvalue weighted by molar-refractivity contribution is -0.151. The fraction of sp³-hybridized carbons (Fsp3) is 0.375. The number of likely N-dealkylation sites (N-methyl/N-ethyl adjacent to an activating group) is 1. The van der Waals surface area contributed by atoms with E-state index >= 15 is 0 Å². The molecule has 130 valence electrons. The lowest BCUT2D eigenvalue weighted by Gasteiger charge is -2.23. The summed E-state index contributed by atoms with van der Waals surface area (Å²) >= 11 is 0. The normalized spacial score (nSPS) is 13.1. The fourth-order valence-corrected chi connectivity index (χ4v) is 2.31. The molecule has 1 aromatic carbocycles. The molecule has 2 aromatic rings. The molecule has 0 fully saturated rings. The van der Waals surface area contributed by atoms with Crippen LogP contribution in [-0.2, 0) is 22.7 Å². The van der Waals surface area contributed by atoms with Crippen molar-refractivity contribution < 1.29 is 22.7 Å². The molecule has 24 heavy (non-hydrogen) atoms. The number of hydrogen-bond acceptors (Lipinski definition) is 4. The molecular weight excluding hydrogens is 323 g/mol. The summed E-state index contributed by atoms with van der Waals surface area (Å²) in [5.74, 6) is -0.501. The molecule has 0 saturated heterocycles. The van der Waals surface area contributed by atoms with E-state index in [1.807, 2.05) is 6.07 Å². The monoisotopic (exact) mass is 341 g/mol. The molecule has 8 heteroatoms. The SMILES string of the molecule is CN(C)[C@@H](C(=O)OCc1nccn1CC(F)(F)F)c1ccccc1. The maximum Gasteiger partial charge on any atom is 0.406 e. The third kappa shape index (κ3) is 4.82. The van der Waals surface area contributed by atoms with Gasteiger partial charge in [-0.3, -0.25) is 4.90 Å². The largest absolute Gasteiger partial charge is 0.456 e. The average Bonchev–Trinajstić information content (AvgIpc) is 2.91. The molecule has 1 atom stereocenters. The van der Waals surface area contributed by atoms with Gasteiger partial charge in [0.15, 0.2) is 0 Å². The molecule has 0 saturated carbocycles. The quantitative estimate of drug-likeness (QED) is 0.758. The molecule has 1 aromatic heterocycles. The summed E-state index contributed by atoms with van der Waals surface area (Å²) in [4.78, 5) is 17.9. The number of benzene rings is 1. The van der Waals surface area contributed by atoms with Crippen molar-refractivity contribution >= 4 is 5.97 Å². The number of rotatable bonds is 6. The Bertz CT molecular complexity index is 669. The van der Waals surface area contributed by atoms with Crippen LogP contribution in [-0.4, -0.2) is 40.7 Å². The molecule has 0 spiro atoms. The molecule has 5 nitrogen and oxygen atoms in total. The minimum atomic E-state index is -4.37. The van der Waals surface area contributed by atoms with Gasteiger partial charge in [-0.25, -0.2) is 9.78 Å². The van der Waals surface area contributed by atoms with Gasteiger partial charge in [0, 0.05) is 12.4 Å². The van der Waals surface area contributed by atoms with Gasteiger partial charge in [-0.2, -0.15) is 13.2 Å². The van der Waals surface area contributed by atoms with Crippen LogP contribution in [0.15, 0.2) is 42.7 Å². The Kier molecular flexibility index (Phi) is 5.61. The number of carbonyl (C=O) groups excluding carboxylic acids is 1. The van der Waals surface area contributed by atoms with E-state index in [0.29, 0.717) is 0 Å². The van der Waals surface area contributed by atoms with Crippen LogP contribution in [0.3, 0.4) is 0 Å². The number of aromatic nitrogens is 2. The zero-order valence-corrected chi connectivity index (χ0v) is 13.3. The van der Waals surface area contributed by atoms with Crippen molar-refractivity contribution in [1.29, 1.82) is 0 Å². The van der Waals surface area contributed by atoms with Crippen molar-refractivity contribution in [3.8, 4) is 0 Å². The summed E-state index contributed by atoms with van der Waals surface area (Å²) in [5, 5.41) is 0. The number of halogens is 3. The van der Waals surface area contributed by atoms with Crippen LogP contribution in [0.25, 0.3) is 0 Å². The van der Waals surface area contributed by atoms with Gasteiger partial charge in [0.1, 0.15) is 25.0 Å². The van der Waals surface area contributed by atoms with Gasteiger partial charge in [-0.15, -0.1) is 0 Å². The zero-order valence-electron chi connectivity index (χ0n) is 13.3. The number of imidazole rings is 1. The van der Waals surface area contributed by atoms with Gasteiger partial charge in [0.25, 0.3) is 0 Å². The van der Waals surface area contributed by atoms with Crippen molar-refractivity contribution in [2.75, 3.05) is 14.1 Å². The van der Waals surface area contributed by atoms with E-state index < -0.39 is 24.7 Å². The van der Waals surface area contributed by atoms with E-state index in [1.54, 1.807) is 43.3 Å². The second-order valence-electron chi connectivity index (χ2n) is 5.47. The molecule has 0 aliphatic heterocycles. The lowest BCUT2D eigenvalue weighted by Crippen LogP contribution is -2.29. The molecular formula is C16H18F3N3O2. The molecule has 2 rings (SSSR count). The Labute approximate surface area is 137 Å². The zero-order chi connectivity index (χ0) is 17.7. The highest BCUT2D eigenvalue weighted by Gasteiger charge is 2.29. The van der Waals surface area contributed by atoms with Crippen LogP contribution in [0.5, 0.6) is 0 Å². The van der Waals surface area contributed by atoms with Crippen LogP contribution < -0.4 is 0 Å². The highest BCUT2D eigenvalue weighted by atomic mass is 19.4. The smallest absolute Gasteiger partial charge is 0.406 e. The van der Waals surface area contributed by atoms with Crippen LogP contribution in [0.2, 0.25) is 0 Å². The Morgan fingerprint density at radius 3 is 2.54 bits per heavy atom. The average molecular weight is 341 g/mol. The number of alkyl halides is 3. The van der Waals surface area contributed by atoms with E-state index in [4.69, 9.17) is 4.74 Å². The second kappa shape index (κ2) is 7.48. The minimum Gasteiger partial charge on any atom is -0.456 e. The van der Waals surface area contributed by atoms with Crippen LogP contribution in [0.1, 0.15) is 17.4 Å². The number of esters is 1. The van der Waals surface area contributed by atoms with Crippen LogP contribution >= 0.6 is 0 Å². The highest BCUT2D eigenvalue weighted by Crippen LogP contribution is 2.21. The van der Waals surface area contributed by atoms with E-state index in [-0.39, 0.29) is 12.4 Å². The first-order chi connectivity index (χ1) is 11.3. The molecule has 0 amide bonds. The maximum absolute atomic E-state index is 12.5. The Morgan fingerprint density at radius 1 is 1.29 bits per heavy atom. The number of nitrogens with zero attached hydrogens (tertiary/aromatic N) is 3. The Morgan fingerprint density at radius 2 is 1.96 bits per heavy atom. The van der Waals surface area contributed by atoms with Crippen molar-refractivity contribution in [2.45, 2.75) is 25.4 Å². The van der Waals surface area contributed by atoms with Gasteiger partial charge in [-0.05, 0) is 19.7 Å². The summed E-state index contributed by atoms with van der Waals surface area (Å²) in [6.07, 6.45) is -1.91. The number of hydrogen-bond donors (Lipinski definition) is 0. The summed E-state index contributed by atoms with van der Waals surface area (Å²) in [5.41, 5.74) is 0.742. The van der Waals surface area contributed by atoms with Crippen molar-refractivity contribution in [3.63, 3.8) is 0 Å². The van der Waals surface area contributed by atoms with Crippen molar-refractivity contribution in [1.82, 2.24) is 14.5 Å². The van der Waals surface area contributed by atoms with Crippen LogP contribution in [0, 0.1) is 0 Å². The van der Waals surface area contributed by atoms with Crippen molar-refractivity contribution in [3.05, 3.63) is 54.1 Å². The predicted molar refractivity (Wildman–Crippen MR) is 80.9 cm³/mol. The summed E-state index contributed by atoms with van der Waals surface area (Å²) in [6.45, 7) is -1.49. The van der Waals surface area contributed by atoms with E-state index in [1.165, 1.54) is 12.4 Å². The maximum atomic E-state index is 12.5. The van der Waals surface area contributed by atoms with Gasteiger partial charge in [-0.1, -0.05) is 30.3 Å². The molecule has 0 unspecified atom stereocenters. The van der Waals surface area contributed by atoms with Gasteiger partial charge in [0.05, 0.1) is 0 Å². The summed E-state index contributed by atoms with van der Waals surface area (Å²) in [7, 11) is 3.45. The molecule has 0 bridgehead atoms. The standard InChI is InChI=1S/C16H18F3N3O2/c1-21(2)14(12-6-4-3-5-7-12)15(23)24-10-13-20-8-9-22(13)11-16(17,18)19/h3-9,14H,10-11H2,1-2H3/t14-/m1/s1. The third-order valence-electron chi connectivity index (χ3n) is 3.35. The highest BCUT2D eigenvalue weighted by molar-refractivity contribution is 5.77. The predicted octanol–water partition coefficient (Wildman–Crippen LogP) is 2.79. The fourth-order valence-electron chi connectivity index (χ4n) is 2.31. The summed E-state index contributed by atoms with van der Waals surface area (Å²) < 4.78 is 43.6. The Balaban J connectivity index is 2.06. The molecule has 0 aliphatic rings. The molecule has 0 radical (unpaired) electrons. The first-order valence-corrected chi connectivity index (χ1v) is 7.22. The Hall–Kier alpha value is -2.35. The van der Waals surface area contributed by atoms with E-state index in [0.717, 1.165) is 10.1 Å². The van der Waals surface area contributed by atoms with E-state index in [2.05, 4.69) is 4.98 Å². The molecule has 0 aliphatic carbocycles. The number of carbonyl (C=O) groups is 1. The van der Waals surface area contributed by atoms with Crippen LogP contribution in [0.4, 0.5) is 13.2 Å². The van der Waals surface area contributed by atoms with Crippen molar-refractivity contribution in [2.24, 2.45) is 0 Å². The van der Waals surface area contributed by atoms with Gasteiger partial charge < -0.3 is 9.30 Å². The second-order valence-corrected chi connectivity index (χ2v) is 5.47. The third-order valence-corrected chi connectivity index (χ3v) is 3.35. The summed E-state index contributed by atoms with van der Waals surface area (Å²) in [6, 6.07) is 8.37. The van der Waals surface area contributed by atoms with E-state index in [9.17, 15) is 18.0 Å². The first-order valence-electron chi connectivity index (χ1n) is 7.22. The molecule has 1 heterocycles. The number of ether oxygens (including phenoxy) is 1. The molecule has 0 N–H and O–H groups in total. The topological polar surface area (TPSA) is 47.4 Å².